The second-order valence-electron chi connectivity index (χ2n) is 4.71. The molecule has 1 fully saturated rings. The summed E-state index contributed by atoms with van der Waals surface area (Å²) in [4.78, 5) is 0. The summed E-state index contributed by atoms with van der Waals surface area (Å²) in [6.45, 7) is 6.65. The van der Waals surface area contributed by atoms with Crippen molar-refractivity contribution >= 4 is 0 Å². The van der Waals surface area contributed by atoms with Gasteiger partial charge >= 0.3 is 0 Å². The van der Waals surface area contributed by atoms with Gasteiger partial charge in [0.05, 0.1) is 13.2 Å². The molecule has 0 aromatic rings. The van der Waals surface area contributed by atoms with Gasteiger partial charge in [-0.25, -0.2) is 0 Å². The molecule has 1 saturated heterocycles. The second kappa shape index (κ2) is 5.80. The van der Waals surface area contributed by atoms with Crippen molar-refractivity contribution in [3.8, 4) is 0 Å². The lowest BCUT2D eigenvalue weighted by molar-refractivity contribution is 0.0197. The van der Waals surface area contributed by atoms with E-state index in [1.54, 1.807) is 7.11 Å². The quantitative estimate of drug-likeness (QED) is 0.676. The summed E-state index contributed by atoms with van der Waals surface area (Å²) >= 11 is 0. The molecule has 2 atom stereocenters. The van der Waals surface area contributed by atoms with Crippen LogP contribution in [0.4, 0.5) is 0 Å². The maximum Gasteiger partial charge on any atom is 0.103 e. The minimum Gasteiger partial charge on any atom is -0.386 e. The van der Waals surface area contributed by atoms with Gasteiger partial charge in [-0.3, -0.25) is 0 Å². The van der Waals surface area contributed by atoms with Gasteiger partial charge in [0, 0.05) is 32.7 Å². The Balaban J connectivity index is 2.32. The van der Waals surface area contributed by atoms with Crippen molar-refractivity contribution in [3.05, 3.63) is 0 Å². The van der Waals surface area contributed by atoms with Crippen molar-refractivity contribution in [1.82, 2.24) is 5.32 Å². The molecule has 0 aromatic carbocycles. The monoisotopic (exact) mass is 217 g/mol. The first kappa shape index (κ1) is 12.9. The van der Waals surface area contributed by atoms with E-state index >= 15 is 0 Å². The van der Waals surface area contributed by atoms with Crippen molar-refractivity contribution < 1.29 is 14.6 Å². The van der Waals surface area contributed by atoms with Crippen LogP contribution in [0.1, 0.15) is 20.3 Å². The molecular weight excluding hydrogens is 194 g/mol. The van der Waals surface area contributed by atoms with Crippen LogP contribution in [-0.4, -0.2) is 50.2 Å². The third kappa shape index (κ3) is 4.07. The van der Waals surface area contributed by atoms with Crippen LogP contribution in [0.25, 0.3) is 0 Å². The molecule has 1 aliphatic heterocycles. The van der Waals surface area contributed by atoms with Gasteiger partial charge in [-0.1, -0.05) is 13.8 Å². The molecule has 0 radical (unpaired) electrons. The first-order valence-corrected chi connectivity index (χ1v) is 5.60. The van der Waals surface area contributed by atoms with Crippen molar-refractivity contribution in [2.45, 2.75) is 31.9 Å². The van der Waals surface area contributed by atoms with Crippen molar-refractivity contribution in [2.75, 3.05) is 33.5 Å². The largest absolute Gasteiger partial charge is 0.386 e. The smallest absolute Gasteiger partial charge is 0.103 e. The number of hydrogen-bond acceptors (Lipinski definition) is 4. The fraction of sp³-hybridized carbons (Fsp3) is 1.00. The van der Waals surface area contributed by atoms with Crippen LogP contribution in [-0.2, 0) is 9.47 Å². The standard InChI is InChI=1S/C11H23NO3/c1-9(2)10(6-14-3)12-7-11(13)4-5-15-8-11/h9-10,12-13H,4-8H2,1-3H3. The summed E-state index contributed by atoms with van der Waals surface area (Å²) < 4.78 is 10.3. The van der Waals surface area contributed by atoms with E-state index in [1.807, 2.05) is 0 Å². The van der Waals surface area contributed by atoms with E-state index in [4.69, 9.17) is 9.47 Å². The van der Waals surface area contributed by atoms with E-state index in [-0.39, 0.29) is 0 Å². The second-order valence-corrected chi connectivity index (χ2v) is 4.71. The number of nitrogens with one attached hydrogen (secondary N) is 1. The van der Waals surface area contributed by atoms with Gasteiger partial charge in [-0.2, -0.15) is 0 Å². The van der Waals surface area contributed by atoms with E-state index < -0.39 is 5.60 Å². The van der Waals surface area contributed by atoms with E-state index in [0.717, 1.165) is 6.42 Å². The third-order valence-corrected chi connectivity index (χ3v) is 2.93. The minimum atomic E-state index is -0.680. The van der Waals surface area contributed by atoms with Crippen LogP contribution in [0.3, 0.4) is 0 Å². The molecule has 0 bridgehead atoms. The summed E-state index contributed by atoms with van der Waals surface area (Å²) in [5, 5.41) is 13.4. The molecule has 4 heteroatoms. The van der Waals surface area contributed by atoms with Gasteiger partial charge in [0.25, 0.3) is 0 Å². The highest BCUT2D eigenvalue weighted by atomic mass is 16.5. The summed E-state index contributed by atoms with van der Waals surface area (Å²) in [6.07, 6.45) is 0.720. The van der Waals surface area contributed by atoms with Crippen molar-refractivity contribution in [1.29, 1.82) is 0 Å². The Morgan fingerprint density at radius 1 is 1.53 bits per heavy atom. The summed E-state index contributed by atoms with van der Waals surface area (Å²) in [6, 6.07) is 0.291. The van der Waals surface area contributed by atoms with Crippen LogP contribution in [0.2, 0.25) is 0 Å². The van der Waals surface area contributed by atoms with E-state index in [9.17, 15) is 5.11 Å². The summed E-state index contributed by atoms with van der Waals surface area (Å²) in [7, 11) is 1.70. The molecule has 1 heterocycles. The molecule has 0 aliphatic carbocycles. The molecule has 2 unspecified atom stereocenters. The Bertz CT molecular complexity index is 179. The zero-order chi connectivity index (χ0) is 11.3. The number of hydrogen-bond donors (Lipinski definition) is 2. The van der Waals surface area contributed by atoms with Crippen molar-refractivity contribution in [2.24, 2.45) is 5.92 Å². The molecule has 1 aliphatic rings. The molecule has 0 amide bonds. The van der Waals surface area contributed by atoms with Crippen molar-refractivity contribution in [3.63, 3.8) is 0 Å². The van der Waals surface area contributed by atoms with Gasteiger partial charge < -0.3 is 19.9 Å². The van der Waals surface area contributed by atoms with Gasteiger partial charge in [-0.05, 0) is 5.92 Å². The molecule has 2 N–H and O–H groups in total. The zero-order valence-electron chi connectivity index (χ0n) is 9.95. The average molecular weight is 217 g/mol. The molecule has 1 rings (SSSR count). The predicted octanol–water partition coefficient (Wildman–Crippen LogP) is 0.398. The highest BCUT2D eigenvalue weighted by Crippen LogP contribution is 2.17. The Morgan fingerprint density at radius 3 is 2.73 bits per heavy atom. The van der Waals surface area contributed by atoms with E-state index in [0.29, 0.717) is 38.3 Å². The summed E-state index contributed by atoms with van der Waals surface area (Å²) in [5.41, 5.74) is -0.680. The topological polar surface area (TPSA) is 50.7 Å². The normalized spacial score (nSPS) is 28.6. The lowest BCUT2D eigenvalue weighted by Crippen LogP contribution is -2.48. The predicted molar refractivity (Wildman–Crippen MR) is 58.9 cm³/mol. The molecular formula is C11H23NO3. The van der Waals surface area contributed by atoms with Crippen LogP contribution in [0.15, 0.2) is 0 Å². The first-order valence-electron chi connectivity index (χ1n) is 5.60. The maximum atomic E-state index is 10.1. The lowest BCUT2D eigenvalue weighted by atomic mass is 10.0. The molecule has 4 nitrogen and oxygen atoms in total. The Labute approximate surface area is 92.0 Å². The minimum absolute atomic E-state index is 0.291. The molecule has 90 valence electrons. The molecule has 0 aromatic heterocycles. The molecule has 15 heavy (non-hydrogen) atoms. The SMILES string of the molecule is COCC(NCC1(O)CCOC1)C(C)C. The number of rotatable bonds is 6. The fourth-order valence-corrected chi connectivity index (χ4v) is 1.72. The fourth-order valence-electron chi connectivity index (χ4n) is 1.72. The highest BCUT2D eigenvalue weighted by Gasteiger charge is 2.32. The van der Waals surface area contributed by atoms with Gasteiger partial charge in [0.15, 0.2) is 0 Å². The number of methoxy groups -OCH3 is 1. The molecule has 0 saturated carbocycles. The van der Waals surface area contributed by atoms with Crippen LogP contribution < -0.4 is 5.32 Å². The van der Waals surface area contributed by atoms with Crippen LogP contribution in [0.5, 0.6) is 0 Å². The van der Waals surface area contributed by atoms with Gasteiger partial charge in [0.1, 0.15) is 5.60 Å². The Morgan fingerprint density at radius 2 is 2.27 bits per heavy atom. The number of aliphatic hydroxyl groups is 1. The van der Waals surface area contributed by atoms with Crippen LogP contribution in [0, 0.1) is 5.92 Å². The van der Waals surface area contributed by atoms with Gasteiger partial charge in [-0.15, -0.1) is 0 Å². The molecule has 0 spiro atoms. The van der Waals surface area contributed by atoms with E-state index in [2.05, 4.69) is 19.2 Å². The first-order chi connectivity index (χ1) is 7.07. The Kier molecular flexibility index (Phi) is 4.99. The highest BCUT2D eigenvalue weighted by molar-refractivity contribution is 4.86. The lowest BCUT2D eigenvalue weighted by Gasteiger charge is -2.27. The van der Waals surface area contributed by atoms with E-state index in [1.165, 1.54) is 0 Å². The summed E-state index contributed by atoms with van der Waals surface area (Å²) in [5.74, 6) is 0.496. The number of ether oxygens (including phenoxy) is 2. The van der Waals surface area contributed by atoms with Crippen LogP contribution >= 0.6 is 0 Å². The van der Waals surface area contributed by atoms with Gasteiger partial charge in [0.2, 0.25) is 0 Å². The third-order valence-electron chi connectivity index (χ3n) is 2.93. The Hall–Kier alpha value is -0.160. The zero-order valence-corrected chi connectivity index (χ0v) is 9.95. The maximum absolute atomic E-state index is 10.1. The average Bonchev–Trinajstić information content (AvgIpc) is 2.60.